The Balaban J connectivity index is 1.69. The fourth-order valence-electron chi connectivity index (χ4n) is 7.66. The average molecular weight is 274 g/mol. The second-order valence-electron chi connectivity index (χ2n) is 9.54. The smallest absolute Gasteiger partial charge is 0.0266 e. The topological polar surface area (TPSA) is 0 Å². The Bertz CT molecular complexity index is 385. The summed E-state index contributed by atoms with van der Waals surface area (Å²) in [6.07, 6.45) is 15.4. The molecule has 114 valence electrons. The number of hydrogen-bond acceptors (Lipinski definition) is 0. The van der Waals surface area contributed by atoms with E-state index in [1.807, 2.05) is 0 Å². The van der Waals surface area contributed by atoms with Crippen LogP contribution in [-0.4, -0.2) is 0 Å². The molecule has 7 atom stereocenters. The Morgan fingerprint density at radius 2 is 1.65 bits per heavy atom. The molecule has 0 aromatic heterocycles. The third-order valence-corrected chi connectivity index (χ3v) is 8.72. The predicted molar refractivity (Wildman–Crippen MR) is 85.5 cm³/mol. The standard InChI is InChI=1S/C20H34/c1-14-13-15-7-4-5-11-20(15,3)17-9-12-19(2)10-6-8-16(19)18(14)17/h14-18H,4-13H2,1-3H3/t14-,15?,16?,17?,18?,19+,20+/m1/s1. The van der Waals surface area contributed by atoms with Crippen LogP contribution in [0.2, 0.25) is 0 Å². The van der Waals surface area contributed by atoms with Gasteiger partial charge in [0.05, 0.1) is 0 Å². The highest BCUT2D eigenvalue weighted by molar-refractivity contribution is 5.08. The summed E-state index contributed by atoms with van der Waals surface area (Å²) in [5, 5.41) is 0. The minimum Gasteiger partial charge on any atom is -0.0622 e. The highest BCUT2D eigenvalue weighted by atomic mass is 14.6. The summed E-state index contributed by atoms with van der Waals surface area (Å²) < 4.78 is 0. The Morgan fingerprint density at radius 1 is 0.800 bits per heavy atom. The van der Waals surface area contributed by atoms with Crippen LogP contribution in [0.5, 0.6) is 0 Å². The van der Waals surface area contributed by atoms with Gasteiger partial charge in [-0.15, -0.1) is 0 Å². The molecule has 4 fully saturated rings. The minimum absolute atomic E-state index is 0.722. The minimum atomic E-state index is 0.722. The van der Waals surface area contributed by atoms with Crippen LogP contribution in [0, 0.1) is 40.4 Å². The first-order valence-electron chi connectivity index (χ1n) is 9.55. The van der Waals surface area contributed by atoms with E-state index < -0.39 is 0 Å². The quantitative estimate of drug-likeness (QED) is 0.504. The maximum atomic E-state index is 2.71. The zero-order valence-electron chi connectivity index (χ0n) is 14.0. The first-order chi connectivity index (χ1) is 9.55. The van der Waals surface area contributed by atoms with Gasteiger partial charge in [0.2, 0.25) is 0 Å². The van der Waals surface area contributed by atoms with Gasteiger partial charge in [0.1, 0.15) is 0 Å². The van der Waals surface area contributed by atoms with Crippen molar-refractivity contribution in [1.29, 1.82) is 0 Å². The molecule has 0 N–H and O–H groups in total. The largest absolute Gasteiger partial charge is 0.0622 e. The molecule has 0 spiro atoms. The van der Waals surface area contributed by atoms with E-state index in [1.165, 1.54) is 25.7 Å². The second kappa shape index (κ2) is 4.50. The third-order valence-electron chi connectivity index (χ3n) is 8.72. The molecule has 0 aliphatic heterocycles. The molecule has 0 amide bonds. The molecule has 4 aliphatic carbocycles. The summed E-state index contributed by atoms with van der Waals surface area (Å²) in [5.74, 6) is 5.32. The molecule has 20 heavy (non-hydrogen) atoms. The van der Waals surface area contributed by atoms with E-state index in [1.54, 1.807) is 38.5 Å². The van der Waals surface area contributed by atoms with Crippen molar-refractivity contribution in [3.63, 3.8) is 0 Å². The van der Waals surface area contributed by atoms with Crippen molar-refractivity contribution in [2.45, 2.75) is 85.0 Å². The van der Waals surface area contributed by atoms with Crippen LogP contribution in [0.15, 0.2) is 0 Å². The Hall–Kier alpha value is 0. The van der Waals surface area contributed by atoms with E-state index in [9.17, 15) is 0 Å². The molecular formula is C20H34. The summed E-state index contributed by atoms with van der Waals surface area (Å²) in [6.45, 7) is 7.97. The number of rotatable bonds is 0. The maximum absolute atomic E-state index is 2.71. The lowest BCUT2D eigenvalue weighted by Crippen LogP contribution is -2.54. The van der Waals surface area contributed by atoms with Crippen molar-refractivity contribution in [3.05, 3.63) is 0 Å². The lowest BCUT2D eigenvalue weighted by molar-refractivity contribution is -0.128. The SMILES string of the molecule is C[C@@H]1CC2CCCC[C@]2(C)C2CC[C@]3(C)CCCC3C21. The van der Waals surface area contributed by atoms with Gasteiger partial charge in [-0.2, -0.15) is 0 Å². The Labute approximate surface area is 126 Å². The van der Waals surface area contributed by atoms with Crippen LogP contribution in [-0.2, 0) is 0 Å². The molecule has 0 nitrogen and oxygen atoms in total. The van der Waals surface area contributed by atoms with Gasteiger partial charge in [-0.05, 0) is 85.4 Å². The van der Waals surface area contributed by atoms with Gasteiger partial charge < -0.3 is 0 Å². The second-order valence-corrected chi connectivity index (χ2v) is 9.54. The molecule has 0 saturated heterocycles. The van der Waals surface area contributed by atoms with E-state index >= 15 is 0 Å². The van der Waals surface area contributed by atoms with E-state index in [0.717, 1.165) is 40.4 Å². The van der Waals surface area contributed by atoms with Crippen molar-refractivity contribution in [1.82, 2.24) is 0 Å². The van der Waals surface area contributed by atoms with Gasteiger partial charge in [-0.1, -0.05) is 40.0 Å². The number of hydrogen-bond donors (Lipinski definition) is 0. The van der Waals surface area contributed by atoms with Crippen molar-refractivity contribution in [2.24, 2.45) is 40.4 Å². The van der Waals surface area contributed by atoms with Crippen molar-refractivity contribution in [3.8, 4) is 0 Å². The summed E-state index contributed by atoms with van der Waals surface area (Å²) >= 11 is 0. The molecule has 0 bridgehead atoms. The normalized spacial score (nSPS) is 58.6. The summed E-state index contributed by atoms with van der Waals surface area (Å²) in [4.78, 5) is 0. The summed E-state index contributed by atoms with van der Waals surface area (Å²) in [7, 11) is 0. The predicted octanol–water partition coefficient (Wildman–Crippen LogP) is 6.06. The molecule has 4 rings (SSSR count). The van der Waals surface area contributed by atoms with Gasteiger partial charge in [0, 0.05) is 0 Å². The van der Waals surface area contributed by atoms with Crippen LogP contribution in [0.1, 0.15) is 85.0 Å². The fourth-order valence-corrected chi connectivity index (χ4v) is 7.66. The molecule has 0 aromatic carbocycles. The highest BCUT2D eigenvalue weighted by Gasteiger charge is 2.58. The van der Waals surface area contributed by atoms with Crippen LogP contribution in [0.3, 0.4) is 0 Å². The average Bonchev–Trinajstić information content (AvgIpc) is 2.81. The molecule has 0 heterocycles. The fraction of sp³-hybridized carbons (Fsp3) is 1.00. The number of fused-ring (bicyclic) bond motifs is 5. The first-order valence-corrected chi connectivity index (χ1v) is 9.55. The van der Waals surface area contributed by atoms with Crippen LogP contribution < -0.4 is 0 Å². The van der Waals surface area contributed by atoms with Crippen LogP contribution in [0.4, 0.5) is 0 Å². The molecule has 0 radical (unpaired) electrons. The summed E-state index contributed by atoms with van der Waals surface area (Å²) in [6, 6.07) is 0. The van der Waals surface area contributed by atoms with E-state index in [4.69, 9.17) is 0 Å². The first kappa shape index (κ1) is 13.6. The van der Waals surface area contributed by atoms with Crippen molar-refractivity contribution < 1.29 is 0 Å². The zero-order valence-corrected chi connectivity index (χ0v) is 14.0. The van der Waals surface area contributed by atoms with Crippen LogP contribution in [0.25, 0.3) is 0 Å². The lowest BCUT2D eigenvalue weighted by atomic mass is 9.43. The molecule has 4 saturated carbocycles. The van der Waals surface area contributed by atoms with Crippen molar-refractivity contribution >= 4 is 0 Å². The Kier molecular flexibility index (Phi) is 3.07. The van der Waals surface area contributed by atoms with Gasteiger partial charge in [0.15, 0.2) is 0 Å². The van der Waals surface area contributed by atoms with Gasteiger partial charge >= 0.3 is 0 Å². The third kappa shape index (κ3) is 1.72. The molecule has 0 aromatic rings. The van der Waals surface area contributed by atoms with Gasteiger partial charge in [-0.3, -0.25) is 0 Å². The van der Waals surface area contributed by atoms with E-state index in [-0.39, 0.29) is 0 Å². The van der Waals surface area contributed by atoms with E-state index in [0.29, 0.717) is 0 Å². The van der Waals surface area contributed by atoms with Gasteiger partial charge in [0.25, 0.3) is 0 Å². The van der Waals surface area contributed by atoms with Gasteiger partial charge in [-0.25, -0.2) is 0 Å². The highest BCUT2D eigenvalue weighted by Crippen LogP contribution is 2.67. The van der Waals surface area contributed by atoms with E-state index in [2.05, 4.69) is 20.8 Å². The maximum Gasteiger partial charge on any atom is -0.0266 e. The molecule has 4 aliphatic rings. The molecule has 0 heteroatoms. The van der Waals surface area contributed by atoms with Crippen LogP contribution >= 0.6 is 0 Å². The zero-order chi connectivity index (χ0) is 14.0. The monoisotopic (exact) mass is 274 g/mol. The summed E-state index contributed by atoms with van der Waals surface area (Å²) in [5.41, 5.74) is 1.45. The van der Waals surface area contributed by atoms with Crippen molar-refractivity contribution in [2.75, 3.05) is 0 Å². The molecule has 4 unspecified atom stereocenters. The lowest BCUT2D eigenvalue weighted by Gasteiger charge is -2.62. The molecular weight excluding hydrogens is 240 g/mol. The Morgan fingerprint density at radius 3 is 2.50 bits per heavy atom.